The van der Waals surface area contributed by atoms with E-state index in [2.05, 4.69) is 10.6 Å². The molecule has 0 radical (unpaired) electrons. The molecule has 17 heavy (non-hydrogen) atoms. The van der Waals surface area contributed by atoms with Crippen molar-refractivity contribution in [3.63, 3.8) is 0 Å². The monoisotopic (exact) mass is 235 g/mol. The Morgan fingerprint density at radius 3 is 2.41 bits per heavy atom. The summed E-state index contributed by atoms with van der Waals surface area (Å²) in [6, 6.07) is 6.79. The molecule has 5 heteroatoms. The minimum absolute atomic E-state index is 0.139. The van der Waals surface area contributed by atoms with Crippen molar-refractivity contribution in [2.75, 3.05) is 10.6 Å². The van der Waals surface area contributed by atoms with E-state index in [0.29, 0.717) is 11.4 Å². The summed E-state index contributed by atoms with van der Waals surface area (Å²) in [5.74, 6) is -0.288. The number of rotatable bonds is 4. The van der Waals surface area contributed by atoms with Crippen LogP contribution >= 0.6 is 0 Å². The smallest absolute Gasteiger partial charge is 0.225 e. The molecule has 0 aliphatic heterocycles. The highest BCUT2D eigenvalue weighted by molar-refractivity contribution is 5.93. The van der Waals surface area contributed by atoms with Gasteiger partial charge in [-0.25, -0.2) is 0 Å². The molecule has 4 N–H and O–H groups in total. The Labute approximate surface area is 100 Å². The number of amides is 2. The molecule has 5 nitrogen and oxygen atoms in total. The molecule has 92 valence electrons. The van der Waals surface area contributed by atoms with Crippen molar-refractivity contribution in [3.8, 4) is 0 Å². The second-order valence-corrected chi connectivity index (χ2v) is 3.99. The van der Waals surface area contributed by atoms with Crippen molar-refractivity contribution >= 4 is 23.2 Å². The minimum atomic E-state index is -0.173. The maximum Gasteiger partial charge on any atom is 0.225 e. The lowest BCUT2D eigenvalue weighted by atomic mass is 10.2. The van der Waals surface area contributed by atoms with Gasteiger partial charge in [-0.3, -0.25) is 9.59 Å². The molecule has 1 aromatic rings. The number of hydrogen-bond acceptors (Lipinski definition) is 3. The van der Waals surface area contributed by atoms with Gasteiger partial charge in [-0.2, -0.15) is 0 Å². The molecule has 0 spiro atoms. The van der Waals surface area contributed by atoms with E-state index < -0.39 is 0 Å². The SMILES string of the molecule is CC(=O)Nc1cccc(NC(=O)CC(C)N)c1. The van der Waals surface area contributed by atoms with Crippen LogP contribution in [0.3, 0.4) is 0 Å². The van der Waals surface area contributed by atoms with E-state index in [-0.39, 0.29) is 24.3 Å². The molecule has 0 aliphatic carbocycles. The van der Waals surface area contributed by atoms with E-state index >= 15 is 0 Å². The Kier molecular flexibility index (Phi) is 4.66. The third-order valence-electron chi connectivity index (χ3n) is 1.97. The fourth-order valence-electron chi connectivity index (χ4n) is 1.38. The lowest BCUT2D eigenvalue weighted by Crippen LogP contribution is -2.24. The summed E-state index contributed by atoms with van der Waals surface area (Å²) in [5.41, 5.74) is 6.81. The maximum absolute atomic E-state index is 11.5. The molecular weight excluding hydrogens is 218 g/mol. The fourth-order valence-corrected chi connectivity index (χ4v) is 1.38. The first-order chi connectivity index (χ1) is 7.97. The van der Waals surface area contributed by atoms with Crippen LogP contribution in [0.25, 0.3) is 0 Å². The van der Waals surface area contributed by atoms with E-state index in [1.165, 1.54) is 6.92 Å². The van der Waals surface area contributed by atoms with Crippen molar-refractivity contribution in [1.29, 1.82) is 0 Å². The number of benzene rings is 1. The van der Waals surface area contributed by atoms with Gasteiger partial charge in [0.25, 0.3) is 0 Å². The van der Waals surface area contributed by atoms with Crippen LogP contribution in [0.2, 0.25) is 0 Å². The molecule has 0 saturated heterocycles. The Morgan fingerprint density at radius 1 is 1.29 bits per heavy atom. The van der Waals surface area contributed by atoms with Crippen LogP contribution in [0.15, 0.2) is 24.3 Å². The third kappa shape index (κ3) is 5.12. The zero-order valence-electron chi connectivity index (χ0n) is 9.99. The maximum atomic E-state index is 11.5. The van der Waals surface area contributed by atoms with Crippen molar-refractivity contribution < 1.29 is 9.59 Å². The van der Waals surface area contributed by atoms with Gasteiger partial charge in [-0.05, 0) is 25.1 Å². The van der Waals surface area contributed by atoms with E-state index in [0.717, 1.165) is 0 Å². The van der Waals surface area contributed by atoms with Crippen LogP contribution in [0.4, 0.5) is 11.4 Å². The largest absolute Gasteiger partial charge is 0.327 e. The zero-order chi connectivity index (χ0) is 12.8. The highest BCUT2D eigenvalue weighted by atomic mass is 16.2. The van der Waals surface area contributed by atoms with Crippen LogP contribution < -0.4 is 16.4 Å². The molecular formula is C12H17N3O2. The lowest BCUT2D eigenvalue weighted by molar-refractivity contribution is -0.116. The van der Waals surface area contributed by atoms with Gasteiger partial charge >= 0.3 is 0 Å². The van der Waals surface area contributed by atoms with Crippen LogP contribution in [0, 0.1) is 0 Å². The van der Waals surface area contributed by atoms with E-state index in [1.807, 2.05) is 0 Å². The Bertz CT molecular complexity index is 416. The van der Waals surface area contributed by atoms with Crippen LogP contribution in [-0.2, 0) is 9.59 Å². The van der Waals surface area contributed by atoms with Gasteiger partial charge in [-0.1, -0.05) is 6.07 Å². The second-order valence-electron chi connectivity index (χ2n) is 3.99. The van der Waals surface area contributed by atoms with Crippen molar-refractivity contribution in [2.24, 2.45) is 5.73 Å². The van der Waals surface area contributed by atoms with Gasteiger partial charge in [-0.15, -0.1) is 0 Å². The predicted octanol–water partition coefficient (Wildman–Crippen LogP) is 1.32. The van der Waals surface area contributed by atoms with Crippen LogP contribution in [0.1, 0.15) is 20.3 Å². The van der Waals surface area contributed by atoms with Crippen LogP contribution in [0.5, 0.6) is 0 Å². The van der Waals surface area contributed by atoms with Crippen molar-refractivity contribution in [2.45, 2.75) is 26.3 Å². The van der Waals surface area contributed by atoms with E-state index in [9.17, 15) is 9.59 Å². The third-order valence-corrected chi connectivity index (χ3v) is 1.97. The second kappa shape index (κ2) is 6.00. The molecule has 2 amide bonds. The normalized spacial score (nSPS) is 11.7. The van der Waals surface area contributed by atoms with Crippen molar-refractivity contribution in [1.82, 2.24) is 0 Å². The molecule has 0 aliphatic rings. The number of nitrogens with one attached hydrogen (secondary N) is 2. The standard InChI is InChI=1S/C12H17N3O2/c1-8(13)6-12(17)15-11-5-3-4-10(7-11)14-9(2)16/h3-5,7-8H,6,13H2,1-2H3,(H,14,16)(H,15,17). The summed E-state index contributed by atoms with van der Waals surface area (Å²) < 4.78 is 0. The first-order valence-corrected chi connectivity index (χ1v) is 5.40. The number of carbonyl (C=O) groups excluding carboxylic acids is 2. The summed E-state index contributed by atoms with van der Waals surface area (Å²) in [7, 11) is 0. The van der Waals surface area contributed by atoms with E-state index in [1.54, 1.807) is 31.2 Å². The van der Waals surface area contributed by atoms with Gasteiger partial charge < -0.3 is 16.4 Å². The van der Waals surface area contributed by atoms with Gasteiger partial charge in [0, 0.05) is 30.8 Å². The Balaban J connectivity index is 2.65. The van der Waals surface area contributed by atoms with Gasteiger partial charge in [0.05, 0.1) is 0 Å². The number of carbonyl (C=O) groups is 2. The number of anilines is 2. The molecule has 0 fully saturated rings. The summed E-state index contributed by atoms with van der Waals surface area (Å²) >= 11 is 0. The molecule has 0 aromatic heterocycles. The van der Waals surface area contributed by atoms with Gasteiger partial charge in [0.15, 0.2) is 0 Å². The molecule has 1 rings (SSSR count). The minimum Gasteiger partial charge on any atom is -0.327 e. The first-order valence-electron chi connectivity index (χ1n) is 5.40. The quantitative estimate of drug-likeness (QED) is 0.735. The molecule has 1 aromatic carbocycles. The molecule has 0 saturated carbocycles. The Morgan fingerprint density at radius 2 is 1.88 bits per heavy atom. The van der Waals surface area contributed by atoms with Gasteiger partial charge in [0.2, 0.25) is 11.8 Å². The predicted molar refractivity (Wildman–Crippen MR) is 67.6 cm³/mol. The number of nitrogens with two attached hydrogens (primary N) is 1. The lowest BCUT2D eigenvalue weighted by Gasteiger charge is -2.09. The zero-order valence-corrected chi connectivity index (χ0v) is 9.99. The Hall–Kier alpha value is -1.88. The summed E-state index contributed by atoms with van der Waals surface area (Å²) in [6.45, 7) is 3.20. The summed E-state index contributed by atoms with van der Waals surface area (Å²) in [4.78, 5) is 22.4. The highest BCUT2D eigenvalue weighted by Gasteiger charge is 2.05. The van der Waals surface area contributed by atoms with E-state index in [4.69, 9.17) is 5.73 Å². The fraction of sp³-hybridized carbons (Fsp3) is 0.333. The first kappa shape index (κ1) is 13.2. The molecule has 1 atom stereocenters. The number of hydrogen-bond donors (Lipinski definition) is 3. The highest BCUT2D eigenvalue weighted by Crippen LogP contribution is 2.15. The average Bonchev–Trinajstić information content (AvgIpc) is 2.14. The van der Waals surface area contributed by atoms with Crippen LogP contribution in [-0.4, -0.2) is 17.9 Å². The topological polar surface area (TPSA) is 84.2 Å². The summed E-state index contributed by atoms with van der Waals surface area (Å²) in [5, 5.41) is 5.36. The van der Waals surface area contributed by atoms with Gasteiger partial charge in [0.1, 0.15) is 0 Å². The average molecular weight is 235 g/mol. The molecule has 1 unspecified atom stereocenters. The molecule has 0 heterocycles. The van der Waals surface area contributed by atoms with Crippen molar-refractivity contribution in [3.05, 3.63) is 24.3 Å². The summed E-state index contributed by atoms with van der Waals surface area (Å²) in [6.07, 6.45) is 0.268. The molecule has 0 bridgehead atoms.